The molecule has 2 aliphatic rings. The molecule has 1 aromatic heterocycles. The van der Waals surface area contributed by atoms with E-state index in [0.29, 0.717) is 30.6 Å². The molecule has 2 aromatic rings. The molecular weight excluding hydrogens is 354 g/mol. The number of nitrogens with two attached hydrogens (primary N) is 1. The molecule has 1 unspecified atom stereocenters. The van der Waals surface area contributed by atoms with Gasteiger partial charge in [0.15, 0.2) is 5.82 Å². The lowest BCUT2D eigenvalue weighted by Crippen LogP contribution is -2.44. The van der Waals surface area contributed by atoms with E-state index in [1.807, 2.05) is 24.3 Å². The minimum absolute atomic E-state index is 0. The molecule has 2 fully saturated rings. The third-order valence-electron chi connectivity index (χ3n) is 4.93. The summed E-state index contributed by atoms with van der Waals surface area (Å²) < 4.78 is 5.33. The second kappa shape index (κ2) is 8.16. The number of anilines is 1. The molecule has 140 valence electrons. The highest BCUT2D eigenvalue weighted by Gasteiger charge is 2.28. The third-order valence-corrected chi connectivity index (χ3v) is 4.93. The van der Waals surface area contributed by atoms with Crippen molar-refractivity contribution in [3.05, 3.63) is 30.1 Å². The van der Waals surface area contributed by atoms with Gasteiger partial charge in [-0.25, -0.2) is 4.98 Å². The fourth-order valence-corrected chi connectivity index (χ4v) is 3.19. The molecule has 1 aliphatic heterocycles. The van der Waals surface area contributed by atoms with Gasteiger partial charge >= 0.3 is 0 Å². The first-order valence-electron chi connectivity index (χ1n) is 8.87. The maximum absolute atomic E-state index is 12.4. The Morgan fingerprint density at radius 1 is 1.27 bits per heavy atom. The lowest BCUT2D eigenvalue weighted by molar-refractivity contribution is -0.119. The van der Waals surface area contributed by atoms with Gasteiger partial charge in [-0.15, -0.1) is 12.4 Å². The van der Waals surface area contributed by atoms with Gasteiger partial charge in [0.25, 0.3) is 0 Å². The fourth-order valence-electron chi connectivity index (χ4n) is 3.19. The van der Waals surface area contributed by atoms with E-state index in [1.165, 1.54) is 12.8 Å². The number of nitrogens with zero attached hydrogens (tertiary/aromatic N) is 2. The standard InChI is InChI=1S/C18H23N5O2.ClH/c19-15(11-6-8-25-9-7-11)18(24)20-14-3-1-2-13(10-14)17-21-16(22-23-17)12-4-5-12;/h1-3,10-12,15H,4-9,19H2,(H,20,24)(H,21,22,23);1H. The first-order chi connectivity index (χ1) is 12.2. The summed E-state index contributed by atoms with van der Waals surface area (Å²) in [6.45, 7) is 1.35. The molecule has 1 amide bonds. The van der Waals surface area contributed by atoms with Gasteiger partial charge in [0, 0.05) is 30.4 Å². The summed E-state index contributed by atoms with van der Waals surface area (Å²) in [5.74, 6) is 2.16. The molecule has 1 atom stereocenters. The zero-order valence-corrected chi connectivity index (χ0v) is 15.3. The summed E-state index contributed by atoms with van der Waals surface area (Å²) in [7, 11) is 0. The summed E-state index contributed by atoms with van der Waals surface area (Å²) in [5, 5.41) is 10.2. The van der Waals surface area contributed by atoms with E-state index in [1.54, 1.807) is 0 Å². The normalized spacial score (nSPS) is 18.8. The Bertz CT molecular complexity index is 756. The first kappa shape index (κ1) is 18.8. The minimum atomic E-state index is -0.516. The predicted octanol–water partition coefficient (Wildman–Crippen LogP) is 2.46. The SMILES string of the molecule is Cl.NC(C(=O)Nc1cccc(-c2n[nH]c(C3CC3)n2)c1)C1CCOCC1. The van der Waals surface area contributed by atoms with E-state index in [4.69, 9.17) is 10.5 Å². The van der Waals surface area contributed by atoms with E-state index in [0.717, 1.165) is 24.2 Å². The number of amides is 1. The maximum atomic E-state index is 12.4. The molecule has 8 heteroatoms. The third kappa shape index (κ3) is 4.23. The van der Waals surface area contributed by atoms with Crippen LogP contribution in [0, 0.1) is 5.92 Å². The Labute approximate surface area is 158 Å². The van der Waals surface area contributed by atoms with Crippen LogP contribution in [0.15, 0.2) is 24.3 Å². The summed E-state index contributed by atoms with van der Waals surface area (Å²) in [5.41, 5.74) is 7.72. The smallest absolute Gasteiger partial charge is 0.241 e. The number of benzene rings is 1. The van der Waals surface area contributed by atoms with Crippen molar-refractivity contribution in [1.29, 1.82) is 0 Å². The molecule has 26 heavy (non-hydrogen) atoms. The molecule has 7 nitrogen and oxygen atoms in total. The number of halogens is 1. The second-order valence-corrected chi connectivity index (χ2v) is 6.86. The summed E-state index contributed by atoms with van der Waals surface area (Å²) >= 11 is 0. The number of H-pyrrole nitrogens is 1. The van der Waals surface area contributed by atoms with Crippen molar-refractivity contribution in [2.75, 3.05) is 18.5 Å². The van der Waals surface area contributed by atoms with Crippen LogP contribution in [0.1, 0.15) is 37.4 Å². The van der Waals surface area contributed by atoms with Crippen LogP contribution in [0.25, 0.3) is 11.4 Å². The average Bonchev–Trinajstić information content (AvgIpc) is 3.39. The number of nitrogens with one attached hydrogen (secondary N) is 2. The van der Waals surface area contributed by atoms with Crippen LogP contribution in [-0.4, -0.2) is 40.3 Å². The molecule has 1 aliphatic carbocycles. The number of hydrogen-bond acceptors (Lipinski definition) is 5. The first-order valence-corrected chi connectivity index (χ1v) is 8.87. The van der Waals surface area contributed by atoms with Gasteiger partial charge in [0.05, 0.1) is 6.04 Å². The van der Waals surface area contributed by atoms with Gasteiger partial charge in [-0.05, 0) is 43.7 Å². The van der Waals surface area contributed by atoms with E-state index in [9.17, 15) is 4.79 Å². The lowest BCUT2D eigenvalue weighted by atomic mass is 9.92. The molecular formula is C18H24ClN5O2. The molecule has 0 spiro atoms. The molecule has 4 rings (SSSR count). The predicted molar refractivity (Wildman–Crippen MR) is 101 cm³/mol. The largest absolute Gasteiger partial charge is 0.381 e. The van der Waals surface area contributed by atoms with Crippen LogP contribution < -0.4 is 11.1 Å². The lowest BCUT2D eigenvalue weighted by Gasteiger charge is -2.26. The van der Waals surface area contributed by atoms with E-state index >= 15 is 0 Å². The number of carbonyl (C=O) groups is 1. The van der Waals surface area contributed by atoms with Crippen molar-refractivity contribution in [2.45, 2.75) is 37.6 Å². The van der Waals surface area contributed by atoms with Gasteiger partial charge < -0.3 is 15.8 Å². The molecule has 1 saturated heterocycles. The van der Waals surface area contributed by atoms with E-state index in [2.05, 4.69) is 20.5 Å². The number of aromatic nitrogens is 3. The second-order valence-electron chi connectivity index (χ2n) is 6.86. The minimum Gasteiger partial charge on any atom is -0.381 e. The summed E-state index contributed by atoms with van der Waals surface area (Å²) in [4.78, 5) is 17.0. The van der Waals surface area contributed by atoms with Gasteiger partial charge in [-0.2, -0.15) is 5.10 Å². The van der Waals surface area contributed by atoms with Crippen LogP contribution in [0.5, 0.6) is 0 Å². The highest BCUT2D eigenvalue weighted by atomic mass is 35.5. The van der Waals surface area contributed by atoms with Gasteiger partial charge in [0.1, 0.15) is 5.82 Å². The highest BCUT2D eigenvalue weighted by Crippen LogP contribution is 2.38. The van der Waals surface area contributed by atoms with Crippen molar-refractivity contribution in [3.63, 3.8) is 0 Å². The van der Waals surface area contributed by atoms with Crippen LogP contribution >= 0.6 is 12.4 Å². The fraction of sp³-hybridized carbons (Fsp3) is 0.500. The molecule has 1 aromatic carbocycles. The molecule has 4 N–H and O–H groups in total. The van der Waals surface area contributed by atoms with Crippen LogP contribution in [0.2, 0.25) is 0 Å². The topological polar surface area (TPSA) is 106 Å². The van der Waals surface area contributed by atoms with E-state index < -0.39 is 6.04 Å². The zero-order valence-electron chi connectivity index (χ0n) is 14.5. The van der Waals surface area contributed by atoms with Gasteiger partial charge in [-0.3, -0.25) is 9.89 Å². The van der Waals surface area contributed by atoms with Gasteiger partial charge in [-0.1, -0.05) is 12.1 Å². The Morgan fingerprint density at radius 2 is 2.04 bits per heavy atom. The van der Waals surface area contributed by atoms with Crippen molar-refractivity contribution in [3.8, 4) is 11.4 Å². The molecule has 0 radical (unpaired) electrons. The Balaban J connectivity index is 0.00000196. The number of aromatic amines is 1. The van der Waals surface area contributed by atoms with Crippen LogP contribution in [0.4, 0.5) is 5.69 Å². The van der Waals surface area contributed by atoms with E-state index in [-0.39, 0.29) is 24.2 Å². The quantitative estimate of drug-likeness (QED) is 0.742. The van der Waals surface area contributed by atoms with Crippen LogP contribution in [-0.2, 0) is 9.53 Å². The number of carbonyl (C=O) groups excluding carboxylic acids is 1. The average molecular weight is 378 g/mol. The zero-order chi connectivity index (χ0) is 17.2. The monoisotopic (exact) mass is 377 g/mol. The number of hydrogen-bond donors (Lipinski definition) is 3. The Hall–Kier alpha value is -1.96. The van der Waals surface area contributed by atoms with Crippen molar-refractivity contribution in [2.24, 2.45) is 11.7 Å². The summed E-state index contributed by atoms with van der Waals surface area (Å²) in [6, 6.07) is 7.05. The maximum Gasteiger partial charge on any atom is 0.241 e. The van der Waals surface area contributed by atoms with Crippen molar-refractivity contribution < 1.29 is 9.53 Å². The number of rotatable bonds is 5. The molecule has 2 heterocycles. The summed E-state index contributed by atoms with van der Waals surface area (Å²) in [6.07, 6.45) is 4.01. The van der Waals surface area contributed by atoms with Crippen molar-refractivity contribution >= 4 is 24.0 Å². The molecule has 0 bridgehead atoms. The highest BCUT2D eigenvalue weighted by molar-refractivity contribution is 5.95. The Morgan fingerprint density at radius 3 is 2.77 bits per heavy atom. The molecule has 1 saturated carbocycles. The van der Waals surface area contributed by atoms with Crippen molar-refractivity contribution in [1.82, 2.24) is 15.2 Å². The van der Waals surface area contributed by atoms with Gasteiger partial charge in [0.2, 0.25) is 5.91 Å². The Kier molecular flexibility index (Phi) is 5.90. The van der Waals surface area contributed by atoms with Crippen LogP contribution in [0.3, 0.4) is 0 Å². The number of ether oxygens (including phenoxy) is 1.